The number of rotatable bonds is 57. The minimum atomic E-state index is -1.65. The number of carbonyl (C=O) groups excluding carboxylic acids is 3. The molecule has 0 amide bonds. The van der Waals surface area contributed by atoms with Crippen LogP contribution in [0.5, 0.6) is 0 Å². The predicted molar refractivity (Wildman–Crippen MR) is 342 cm³/mol. The standard InChI is InChI=1S/C72H117NO8/c1-6-8-10-12-14-16-18-20-22-24-26-28-30-32-34-35-37-39-41-43-45-47-49-51-53-55-57-59-61-63-70(75)81-68(67-80-72(71(76)77)78-65-64-73(3,4)5)66-79-69(74)62-60-58-56-54-52-50-48-46-44-42-40-38-36-33-31-29-27-25-23-21-19-17-15-13-11-9-7-2/h8,10,14,16,19-22,25-28,31-34,37,39,43,45,49,51,55,57,68,72H,6-7,9,11-13,15,17-18,23-24,29-30,35-36,38,40-42,44,46-48,50,52-54,56,58-67H2,1-5H3/b10-8-,16-14-,21-19-,22-20-,27-25-,28-26-,33-31-,34-32-,39-37-,45-43-,51-49-,57-55-. The minimum absolute atomic E-state index is 0.128. The summed E-state index contributed by atoms with van der Waals surface area (Å²) in [5.41, 5.74) is 0. The molecule has 9 nitrogen and oxygen atoms in total. The fraction of sp³-hybridized carbons (Fsp3) is 0.625. The Hall–Kier alpha value is -4.83. The zero-order valence-corrected chi connectivity index (χ0v) is 52.1. The summed E-state index contributed by atoms with van der Waals surface area (Å²) in [6.45, 7) is 4.54. The predicted octanol–water partition coefficient (Wildman–Crippen LogP) is 18.2. The van der Waals surface area contributed by atoms with Crippen LogP contribution in [-0.2, 0) is 33.3 Å². The number of allylic oxidation sites excluding steroid dienone is 24. The molecule has 2 unspecified atom stereocenters. The fourth-order valence-electron chi connectivity index (χ4n) is 8.19. The molecule has 0 aliphatic carbocycles. The summed E-state index contributed by atoms with van der Waals surface area (Å²) in [6.07, 6.45) is 86.3. The molecular formula is C72H117NO8. The van der Waals surface area contributed by atoms with Crippen molar-refractivity contribution >= 4 is 17.9 Å². The summed E-state index contributed by atoms with van der Waals surface area (Å²) >= 11 is 0. The Labute approximate surface area is 496 Å². The van der Waals surface area contributed by atoms with Gasteiger partial charge in [0.25, 0.3) is 0 Å². The van der Waals surface area contributed by atoms with Crippen LogP contribution in [0.3, 0.4) is 0 Å². The number of likely N-dealkylation sites (N-methyl/N-ethyl adjacent to an activating group) is 1. The third kappa shape index (κ3) is 62.6. The van der Waals surface area contributed by atoms with Gasteiger partial charge in [-0.3, -0.25) is 9.59 Å². The van der Waals surface area contributed by atoms with Gasteiger partial charge in [0.1, 0.15) is 13.2 Å². The summed E-state index contributed by atoms with van der Waals surface area (Å²) in [6, 6.07) is 0. The van der Waals surface area contributed by atoms with E-state index >= 15 is 0 Å². The fourth-order valence-corrected chi connectivity index (χ4v) is 8.19. The van der Waals surface area contributed by atoms with Crippen LogP contribution in [-0.4, -0.2) is 82.3 Å². The topological polar surface area (TPSA) is 111 Å². The molecule has 458 valence electrons. The largest absolute Gasteiger partial charge is 0.545 e. The van der Waals surface area contributed by atoms with Crippen LogP contribution in [0.1, 0.15) is 232 Å². The Morgan fingerprint density at radius 2 is 0.716 bits per heavy atom. The average Bonchev–Trinajstić information content (AvgIpc) is 3.44. The molecule has 0 bridgehead atoms. The number of ether oxygens (including phenoxy) is 4. The van der Waals surface area contributed by atoms with Crippen molar-refractivity contribution in [2.45, 2.75) is 245 Å². The first kappa shape index (κ1) is 76.2. The molecule has 0 aliphatic heterocycles. The van der Waals surface area contributed by atoms with Crippen LogP contribution in [0.15, 0.2) is 146 Å². The molecule has 0 aromatic rings. The van der Waals surface area contributed by atoms with E-state index in [0.29, 0.717) is 23.9 Å². The molecule has 0 aromatic carbocycles. The third-order valence-electron chi connectivity index (χ3n) is 13.1. The number of aliphatic carboxylic acids is 1. The van der Waals surface area contributed by atoms with Crippen LogP contribution in [0, 0.1) is 0 Å². The Balaban J connectivity index is 4.34. The van der Waals surface area contributed by atoms with Gasteiger partial charge < -0.3 is 33.3 Å². The third-order valence-corrected chi connectivity index (χ3v) is 13.1. The number of unbranched alkanes of at least 4 members (excludes halogenated alkanes) is 18. The lowest BCUT2D eigenvalue weighted by Gasteiger charge is -2.26. The highest BCUT2D eigenvalue weighted by Crippen LogP contribution is 2.15. The van der Waals surface area contributed by atoms with Gasteiger partial charge in [-0.05, 0) is 116 Å². The maximum absolute atomic E-state index is 12.9. The molecule has 0 aliphatic rings. The van der Waals surface area contributed by atoms with Gasteiger partial charge in [-0.2, -0.15) is 0 Å². The molecule has 0 saturated heterocycles. The second-order valence-corrected chi connectivity index (χ2v) is 22.0. The van der Waals surface area contributed by atoms with Crippen molar-refractivity contribution in [2.24, 2.45) is 0 Å². The van der Waals surface area contributed by atoms with Crippen LogP contribution in [0.2, 0.25) is 0 Å². The van der Waals surface area contributed by atoms with E-state index in [0.717, 1.165) is 96.3 Å². The van der Waals surface area contributed by atoms with Crippen LogP contribution in [0.25, 0.3) is 0 Å². The highest BCUT2D eigenvalue weighted by molar-refractivity contribution is 5.70. The lowest BCUT2D eigenvalue weighted by atomic mass is 10.0. The monoisotopic (exact) mass is 1120 g/mol. The second kappa shape index (κ2) is 61.2. The van der Waals surface area contributed by atoms with E-state index < -0.39 is 24.3 Å². The van der Waals surface area contributed by atoms with Crippen molar-refractivity contribution in [3.05, 3.63) is 146 Å². The van der Waals surface area contributed by atoms with E-state index in [1.807, 2.05) is 21.1 Å². The van der Waals surface area contributed by atoms with Crippen LogP contribution < -0.4 is 5.11 Å². The molecule has 0 saturated carbocycles. The summed E-state index contributed by atoms with van der Waals surface area (Å²) in [4.78, 5) is 37.4. The Bertz CT molecular complexity index is 1840. The normalized spacial score (nSPS) is 13.7. The first-order valence-electron chi connectivity index (χ1n) is 32.0. The molecule has 0 heterocycles. The number of hydrogen-bond acceptors (Lipinski definition) is 8. The van der Waals surface area contributed by atoms with Gasteiger partial charge in [0.15, 0.2) is 12.4 Å². The van der Waals surface area contributed by atoms with Crippen LogP contribution >= 0.6 is 0 Å². The summed E-state index contributed by atoms with van der Waals surface area (Å²) in [7, 11) is 5.89. The molecule has 0 aromatic heterocycles. The number of nitrogens with zero attached hydrogens (tertiary/aromatic N) is 1. The number of hydrogen-bond donors (Lipinski definition) is 0. The maximum Gasteiger partial charge on any atom is 0.306 e. The Morgan fingerprint density at radius 3 is 1.09 bits per heavy atom. The lowest BCUT2D eigenvalue weighted by Crippen LogP contribution is -2.44. The van der Waals surface area contributed by atoms with E-state index in [9.17, 15) is 19.5 Å². The van der Waals surface area contributed by atoms with Crippen molar-refractivity contribution < 1.29 is 42.9 Å². The SMILES string of the molecule is CC/C=C\C/C=C\C/C=C\C/C=C\C/C=C\C/C=C\C/C=C\C/C=C\C/C=C\CCCC(=O)OC(COC(=O)CCCCCCCCCCCCCC/C=C\C/C=C\C/C=C\CCCCCCC)COC(OCC[N+](C)(C)C)C(=O)[O-]. The van der Waals surface area contributed by atoms with Crippen molar-refractivity contribution in [1.29, 1.82) is 0 Å². The summed E-state index contributed by atoms with van der Waals surface area (Å²) < 4.78 is 22.7. The van der Waals surface area contributed by atoms with Gasteiger partial charge in [-0.25, -0.2) is 0 Å². The summed E-state index contributed by atoms with van der Waals surface area (Å²) in [5.74, 6) is -2.38. The van der Waals surface area contributed by atoms with E-state index in [1.54, 1.807) is 0 Å². The van der Waals surface area contributed by atoms with Gasteiger partial charge in [-0.15, -0.1) is 0 Å². The van der Waals surface area contributed by atoms with Gasteiger partial charge in [-0.1, -0.05) is 250 Å². The van der Waals surface area contributed by atoms with E-state index in [4.69, 9.17) is 18.9 Å². The van der Waals surface area contributed by atoms with E-state index in [2.05, 4.69) is 160 Å². The molecular weight excluding hydrogens is 1010 g/mol. The van der Waals surface area contributed by atoms with Gasteiger partial charge in [0.2, 0.25) is 0 Å². The highest BCUT2D eigenvalue weighted by Gasteiger charge is 2.22. The van der Waals surface area contributed by atoms with Crippen LogP contribution in [0.4, 0.5) is 0 Å². The number of carbonyl (C=O) groups is 3. The zero-order chi connectivity index (χ0) is 59.1. The highest BCUT2D eigenvalue weighted by atomic mass is 16.7. The molecule has 0 fully saturated rings. The number of quaternary nitrogens is 1. The van der Waals surface area contributed by atoms with Gasteiger partial charge >= 0.3 is 11.9 Å². The van der Waals surface area contributed by atoms with Crippen molar-refractivity contribution in [3.63, 3.8) is 0 Å². The summed E-state index contributed by atoms with van der Waals surface area (Å²) in [5, 5.41) is 11.8. The first-order chi connectivity index (χ1) is 39.6. The molecule has 0 N–H and O–H groups in total. The van der Waals surface area contributed by atoms with Crippen molar-refractivity contribution in [3.8, 4) is 0 Å². The minimum Gasteiger partial charge on any atom is -0.545 e. The quantitative estimate of drug-likeness (QED) is 0.0195. The lowest BCUT2D eigenvalue weighted by molar-refractivity contribution is -0.870. The number of carboxylic acid groups (broad SMARTS) is 1. The van der Waals surface area contributed by atoms with E-state index in [1.165, 1.54) is 96.3 Å². The number of carboxylic acids is 1. The molecule has 0 spiro atoms. The smallest absolute Gasteiger partial charge is 0.306 e. The molecule has 9 heteroatoms. The van der Waals surface area contributed by atoms with Crippen molar-refractivity contribution in [2.75, 3.05) is 47.5 Å². The zero-order valence-electron chi connectivity index (χ0n) is 52.1. The molecule has 0 rings (SSSR count). The van der Waals surface area contributed by atoms with E-state index in [-0.39, 0.29) is 38.6 Å². The Morgan fingerprint density at radius 1 is 0.383 bits per heavy atom. The van der Waals surface area contributed by atoms with Gasteiger partial charge in [0, 0.05) is 12.8 Å². The second-order valence-electron chi connectivity index (χ2n) is 22.0. The molecule has 2 atom stereocenters. The Kier molecular flexibility index (Phi) is 57.6. The number of esters is 2. The van der Waals surface area contributed by atoms with Crippen molar-refractivity contribution in [1.82, 2.24) is 0 Å². The maximum atomic E-state index is 12.9. The molecule has 81 heavy (non-hydrogen) atoms. The molecule has 0 radical (unpaired) electrons. The van der Waals surface area contributed by atoms with Gasteiger partial charge in [0.05, 0.1) is 40.3 Å². The average molecular weight is 1120 g/mol. The first-order valence-corrected chi connectivity index (χ1v) is 32.0.